The van der Waals surface area contributed by atoms with Crippen molar-refractivity contribution in [1.29, 1.82) is 0 Å². The maximum absolute atomic E-state index is 13.2. The number of benzene rings is 2. The number of hydrogen-bond donors (Lipinski definition) is 0. The second-order valence-electron chi connectivity index (χ2n) is 8.95. The van der Waals surface area contributed by atoms with Crippen molar-refractivity contribution in [3.63, 3.8) is 0 Å². The molecule has 5 heteroatoms. The molecular formula is C27H33FN2OS. The Morgan fingerprint density at radius 2 is 1.75 bits per heavy atom. The molecule has 0 saturated carbocycles. The highest BCUT2D eigenvalue weighted by Crippen LogP contribution is 2.31. The Bertz CT molecular complexity index is 979. The molecule has 1 atom stereocenters. The van der Waals surface area contributed by atoms with Gasteiger partial charge in [0.25, 0.3) is 0 Å². The van der Waals surface area contributed by atoms with Crippen molar-refractivity contribution in [1.82, 2.24) is 4.90 Å². The predicted octanol–water partition coefficient (Wildman–Crippen LogP) is 6.65. The Balaban J connectivity index is 1.37. The summed E-state index contributed by atoms with van der Waals surface area (Å²) in [7, 11) is 0. The zero-order chi connectivity index (χ0) is 22.5. The van der Waals surface area contributed by atoms with Crippen LogP contribution in [0.15, 0.2) is 60.0 Å². The molecule has 0 spiro atoms. The molecule has 170 valence electrons. The summed E-state index contributed by atoms with van der Waals surface area (Å²) in [5, 5.41) is 2.13. The molecule has 0 bridgehead atoms. The quantitative estimate of drug-likeness (QED) is 0.380. The van der Waals surface area contributed by atoms with E-state index in [4.69, 9.17) is 4.74 Å². The van der Waals surface area contributed by atoms with Crippen molar-refractivity contribution in [2.24, 2.45) is 0 Å². The molecule has 2 aromatic carbocycles. The van der Waals surface area contributed by atoms with Crippen LogP contribution in [0.2, 0.25) is 0 Å². The van der Waals surface area contributed by atoms with Gasteiger partial charge < -0.3 is 9.64 Å². The molecule has 0 unspecified atom stereocenters. The molecule has 3 aromatic rings. The van der Waals surface area contributed by atoms with Gasteiger partial charge >= 0.3 is 0 Å². The van der Waals surface area contributed by atoms with E-state index in [0.717, 1.165) is 50.6 Å². The molecule has 4 rings (SSSR count). The zero-order valence-corrected chi connectivity index (χ0v) is 20.1. The van der Waals surface area contributed by atoms with Crippen molar-refractivity contribution in [3.8, 4) is 5.75 Å². The Labute approximate surface area is 195 Å². The molecule has 1 aliphatic heterocycles. The molecule has 1 aliphatic rings. The van der Waals surface area contributed by atoms with Crippen LogP contribution >= 0.6 is 11.3 Å². The van der Waals surface area contributed by atoms with Crippen LogP contribution in [0.1, 0.15) is 48.3 Å². The largest absolute Gasteiger partial charge is 0.485 e. The molecule has 2 heterocycles. The number of nitrogens with zero attached hydrogens (tertiary/aromatic N) is 2. The van der Waals surface area contributed by atoms with Crippen LogP contribution in [-0.4, -0.2) is 37.6 Å². The first-order chi connectivity index (χ1) is 15.5. The number of aryl methyl sites for hydroxylation is 1. The van der Waals surface area contributed by atoms with E-state index in [2.05, 4.69) is 66.3 Å². The van der Waals surface area contributed by atoms with Crippen LogP contribution in [0.5, 0.6) is 5.75 Å². The third-order valence-corrected chi connectivity index (χ3v) is 7.11. The molecule has 3 nitrogen and oxygen atoms in total. The number of ether oxygens (including phenoxy) is 1. The highest BCUT2D eigenvalue weighted by molar-refractivity contribution is 7.10. The molecule has 1 saturated heterocycles. The highest BCUT2D eigenvalue weighted by Gasteiger charge is 2.21. The lowest BCUT2D eigenvalue weighted by Gasteiger charge is -2.36. The van der Waals surface area contributed by atoms with E-state index in [1.165, 1.54) is 16.0 Å². The Morgan fingerprint density at radius 3 is 2.41 bits per heavy atom. The minimum absolute atomic E-state index is 0.0620. The van der Waals surface area contributed by atoms with Crippen LogP contribution in [0.3, 0.4) is 0 Å². The van der Waals surface area contributed by atoms with Crippen LogP contribution in [0.25, 0.3) is 0 Å². The van der Waals surface area contributed by atoms with Gasteiger partial charge in [0.15, 0.2) is 0 Å². The van der Waals surface area contributed by atoms with Gasteiger partial charge in [-0.15, -0.1) is 11.3 Å². The normalized spacial score (nSPS) is 15.8. The lowest BCUT2D eigenvalue weighted by atomic mass is 10.0. The van der Waals surface area contributed by atoms with Crippen molar-refractivity contribution in [2.75, 3.05) is 37.6 Å². The van der Waals surface area contributed by atoms with E-state index >= 15 is 0 Å². The van der Waals surface area contributed by atoms with Gasteiger partial charge in [0.05, 0.1) is 0 Å². The second kappa shape index (κ2) is 10.5. The summed E-state index contributed by atoms with van der Waals surface area (Å²) >= 11 is 1.77. The van der Waals surface area contributed by atoms with E-state index < -0.39 is 0 Å². The summed E-state index contributed by atoms with van der Waals surface area (Å²) in [6, 6.07) is 17.7. The number of anilines is 1. The molecule has 0 N–H and O–H groups in total. The maximum Gasteiger partial charge on any atom is 0.134 e. The Morgan fingerprint density at radius 1 is 1.00 bits per heavy atom. The summed E-state index contributed by atoms with van der Waals surface area (Å²) in [4.78, 5) is 6.13. The van der Waals surface area contributed by atoms with Crippen molar-refractivity contribution < 1.29 is 9.13 Å². The molecule has 0 amide bonds. The molecule has 32 heavy (non-hydrogen) atoms. The summed E-state index contributed by atoms with van der Waals surface area (Å²) < 4.78 is 19.8. The fourth-order valence-corrected chi connectivity index (χ4v) is 5.05. The van der Waals surface area contributed by atoms with Gasteiger partial charge in [-0.2, -0.15) is 0 Å². The van der Waals surface area contributed by atoms with Crippen LogP contribution in [0.4, 0.5) is 10.1 Å². The topological polar surface area (TPSA) is 15.7 Å². The van der Waals surface area contributed by atoms with E-state index in [1.807, 2.05) is 12.1 Å². The van der Waals surface area contributed by atoms with Gasteiger partial charge in [-0.1, -0.05) is 26.0 Å². The minimum atomic E-state index is -0.180. The lowest BCUT2D eigenvalue weighted by molar-refractivity contribution is 0.162. The first-order valence-corrected chi connectivity index (χ1v) is 12.4. The predicted molar refractivity (Wildman–Crippen MR) is 133 cm³/mol. The van der Waals surface area contributed by atoms with Crippen molar-refractivity contribution in [2.45, 2.75) is 39.2 Å². The van der Waals surface area contributed by atoms with Gasteiger partial charge in [-0.25, -0.2) is 4.39 Å². The maximum atomic E-state index is 13.2. The first-order valence-electron chi connectivity index (χ1n) is 11.5. The fraction of sp³-hybridized carbons (Fsp3) is 0.407. The SMILES string of the molecule is Cc1cc(O[C@@H](CCN2CCN(c3ccc(F)cc3)CC2)c2cccs2)cc(C(C)C)c1. The molecular weight excluding hydrogens is 419 g/mol. The minimum Gasteiger partial charge on any atom is -0.485 e. The molecule has 1 fully saturated rings. The zero-order valence-electron chi connectivity index (χ0n) is 19.3. The third kappa shape index (κ3) is 5.90. The standard InChI is InChI=1S/C27H33FN2OS/c1-20(2)22-17-21(3)18-25(19-22)31-26(27-5-4-16-32-27)10-11-29-12-14-30(15-13-29)24-8-6-23(28)7-9-24/h4-9,16-20,26H,10-15H2,1-3H3/t26-/m0/s1. The average molecular weight is 453 g/mol. The Hall–Kier alpha value is -2.37. The van der Waals surface area contributed by atoms with Crippen LogP contribution in [0, 0.1) is 12.7 Å². The van der Waals surface area contributed by atoms with Gasteiger partial charge in [-0.05, 0) is 71.8 Å². The number of halogens is 1. The monoisotopic (exact) mass is 452 g/mol. The fourth-order valence-electron chi connectivity index (χ4n) is 4.26. The van der Waals surface area contributed by atoms with Crippen LogP contribution < -0.4 is 9.64 Å². The summed E-state index contributed by atoms with van der Waals surface area (Å²) in [6.07, 6.45) is 1.02. The van der Waals surface area contributed by atoms with E-state index in [9.17, 15) is 4.39 Å². The smallest absolute Gasteiger partial charge is 0.134 e. The number of piperazine rings is 1. The van der Waals surface area contributed by atoms with E-state index in [0.29, 0.717) is 5.92 Å². The van der Waals surface area contributed by atoms with Gasteiger partial charge in [-0.3, -0.25) is 4.90 Å². The van der Waals surface area contributed by atoms with Gasteiger partial charge in [0.2, 0.25) is 0 Å². The van der Waals surface area contributed by atoms with E-state index in [1.54, 1.807) is 23.5 Å². The average Bonchev–Trinajstić information content (AvgIpc) is 3.32. The van der Waals surface area contributed by atoms with Crippen LogP contribution in [-0.2, 0) is 0 Å². The summed E-state index contributed by atoms with van der Waals surface area (Å²) in [5.74, 6) is 1.27. The van der Waals surface area contributed by atoms with Gasteiger partial charge in [0, 0.05) is 49.7 Å². The van der Waals surface area contributed by atoms with Gasteiger partial charge in [0.1, 0.15) is 17.7 Å². The summed E-state index contributed by atoms with van der Waals surface area (Å²) in [6.45, 7) is 11.5. The third-order valence-electron chi connectivity index (χ3n) is 6.15. The number of hydrogen-bond acceptors (Lipinski definition) is 4. The lowest BCUT2D eigenvalue weighted by Crippen LogP contribution is -2.46. The number of rotatable bonds is 8. The molecule has 0 radical (unpaired) electrons. The second-order valence-corrected chi connectivity index (χ2v) is 9.93. The number of thiophene rings is 1. The first kappa shape index (κ1) is 22.8. The molecule has 0 aliphatic carbocycles. The Kier molecular flexibility index (Phi) is 7.48. The van der Waals surface area contributed by atoms with E-state index in [-0.39, 0.29) is 11.9 Å². The van der Waals surface area contributed by atoms with Crippen molar-refractivity contribution in [3.05, 3.63) is 81.8 Å². The summed E-state index contributed by atoms with van der Waals surface area (Å²) in [5.41, 5.74) is 3.67. The molecule has 1 aromatic heterocycles. The van der Waals surface area contributed by atoms with Crippen molar-refractivity contribution >= 4 is 17.0 Å². The highest BCUT2D eigenvalue weighted by atomic mass is 32.1.